The van der Waals surface area contributed by atoms with Crippen LogP contribution in [0.5, 0.6) is 0 Å². The fourth-order valence-electron chi connectivity index (χ4n) is 4.54. The van der Waals surface area contributed by atoms with Gasteiger partial charge in [-0.1, -0.05) is 54.6 Å². The molecule has 1 aliphatic heterocycles. The van der Waals surface area contributed by atoms with Crippen molar-refractivity contribution in [3.05, 3.63) is 71.3 Å². The highest BCUT2D eigenvalue weighted by Crippen LogP contribution is 2.49. The number of hydrogen-bond donors (Lipinski definition) is 1. The molecule has 4 rings (SSSR count). The Morgan fingerprint density at radius 1 is 1.06 bits per heavy atom. The molecule has 1 saturated heterocycles. The summed E-state index contributed by atoms with van der Waals surface area (Å²) in [5.41, 5.74) is 2.63. The van der Waals surface area contributed by atoms with Gasteiger partial charge in [0.1, 0.15) is 9.84 Å². The maximum atomic E-state index is 13.5. The van der Waals surface area contributed by atoms with Crippen molar-refractivity contribution in [3.63, 3.8) is 0 Å². The summed E-state index contributed by atoms with van der Waals surface area (Å²) in [6.45, 7) is 3.01. The molecular formula is C25H34N2O3S2. The Morgan fingerprint density at radius 2 is 1.75 bits per heavy atom. The van der Waals surface area contributed by atoms with Crippen LogP contribution in [0.1, 0.15) is 48.4 Å². The van der Waals surface area contributed by atoms with Gasteiger partial charge in [-0.2, -0.15) is 13.5 Å². The van der Waals surface area contributed by atoms with Crippen molar-refractivity contribution in [1.29, 1.82) is 0 Å². The highest BCUT2D eigenvalue weighted by molar-refractivity contribution is 7.90. The maximum absolute atomic E-state index is 13.5. The third kappa shape index (κ3) is 6.15. The van der Waals surface area contributed by atoms with E-state index in [0.29, 0.717) is 6.42 Å². The number of hydrogen-bond acceptors (Lipinski definition) is 4. The largest absolute Gasteiger partial charge is 0.347 e. The fourth-order valence-corrected chi connectivity index (χ4v) is 5.15. The third-order valence-corrected chi connectivity index (χ3v) is 7.52. The van der Waals surface area contributed by atoms with Gasteiger partial charge >= 0.3 is 0 Å². The van der Waals surface area contributed by atoms with Crippen molar-refractivity contribution in [3.8, 4) is 0 Å². The van der Waals surface area contributed by atoms with Crippen molar-refractivity contribution in [2.75, 3.05) is 31.6 Å². The standard InChI is InChI=1S/C25H32N2O3S.H2S/c1-31(29,30)17-12-20-8-7-11-22(18-20)25(13-14-25)24(28)26-23(19-27-15-5-6-16-27)21-9-3-2-4-10-21;/h2-4,7-11,18,23H,5-6,12-17,19H2,1H3,(H,26,28);1H2/t23-;/m1./s1. The van der Waals surface area contributed by atoms with E-state index in [0.717, 1.165) is 49.2 Å². The number of sulfone groups is 1. The molecule has 0 radical (unpaired) electrons. The zero-order valence-electron chi connectivity index (χ0n) is 18.7. The Labute approximate surface area is 199 Å². The van der Waals surface area contributed by atoms with E-state index in [-0.39, 0.29) is 31.2 Å². The van der Waals surface area contributed by atoms with Crippen molar-refractivity contribution < 1.29 is 13.2 Å². The summed E-state index contributed by atoms with van der Waals surface area (Å²) in [7, 11) is -3.01. The van der Waals surface area contributed by atoms with Crippen LogP contribution in [0.4, 0.5) is 0 Å². The Bertz CT molecular complexity index is 1010. The molecule has 2 aromatic rings. The molecule has 1 saturated carbocycles. The topological polar surface area (TPSA) is 66.5 Å². The quantitative estimate of drug-likeness (QED) is 0.605. The number of benzene rings is 2. The van der Waals surface area contributed by atoms with Crippen LogP contribution in [0.2, 0.25) is 0 Å². The van der Waals surface area contributed by atoms with E-state index in [4.69, 9.17) is 0 Å². The monoisotopic (exact) mass is 474 g/mol. The Balaban J connectivity index is 0.00000289. The highest BCUT2D eigenvalue weighted by Gasteiger charge is 2.51. The van der Waals surface area contributed by atoms with Crippen LogP contribution in [0.15, 0.2) is 54.6 Å². The number of rotatable bonds is 9. The van der Waals surface area contributed by atoms with Crippen LogP contribution in [-0.4, -0.2) is 50.9 Å². The molecule has 174 valence electrons. The number of likely N-dealkylation sites (tertiary alicyclic amines) is 1. The van der Waals surface area contributed by atoms with Crippen molar-refractivity contribution in [2.24, 2.45) is 0 Å². The summed E-state index contributed by atoms with van der Waals surface area (Å²) in [5.74, 6) is 0.211. The molecule has 2 aromatic carbocycles. The van der Waals surface area contributed by atoms with Gasteiger partial charge in [0.2, 0.25) is 5.91 Å². The van der Waals surface area contributed by atoms with Gasteiger partial charge in [-0.05, 0) is 61.9 Å². The summed E-state index contributed by atoms with van der Waals surface area (Å²) in [6.07, 6.45) is 5.85. The maximum Gasteiger partial charge on any atom is 0.231 e. The van der Waals surface area contributed by atoms with Gasteiger partial charge in [0.15, 0.2) is 0 Å². The van der Waals surface area contributed by atoms with Crippen molar-refractivity contribution in [2.45, 2.75) is 43.6 Å². The highest BCUT2D eigenvalue weighted by atomic mass is 32.2. The summed E-state index contributed by atoms with van der Waals surface area (Å²) < 4.78 is 23.1. The molecule has 7 heteroatoms. The number of carbonyl (C=O) groups is 1. The smallest absolute Gasteiger partial charge is 0.231 e. The lowest BCUT2D eigenvalue weighted by molar-refractivity contribution is -0.124. The minimum absolute atomic E-state index is 0. The van der Waals surface area contributed by atoms with Gasteiger partial charge < -0.3 is 10.2 Å². The van der Waals surface area contributed by atoms with Crippen LogP contribution >= 0.6 is 13.5 Å². The third-order valence-electron chi connectivity index (χ3n) is 6.57. The van der Waals surface area contributed by atoms with Crippen LogP contribution in [0.25, 0.3) is 0 Å². The summed E-state index contributed by atoms with van der Waals surface area (Å²) in [5, 5.41) is 3.36. The molecule has 1 amide bonds. The molecule has 0 spiro atoms. The van der Waals surface area contributed by atoms with E-state index >= 15 is 0 Å². The average Bonchev–Trinajstić information content (AvgIpc) is 3.42. The Hall–Kier alpha value is -1.83. The molecule has 1 heterocycles. The van der Waals surface area contributed by atoms with E-state index in [1.165, 1.54) is 19.1 Å². The van der Waals surface area contributed by atoms with Gasteiger partial charge in [-0.15, -0.1) is 0 Å². The molecule has 1 aliphatic carbocycles. The van der Waals surface area contributed by atoms with Gasteiger partial charge in [-0.3, -0.25) is 4.79 Å². The van der Waals surface area contributed by atoms with E-state index in [1.54, 1.807) is 0 Å². The lowest BCUT2D eigenvalue weighted by atomic mass is 9.92. The minimum atomic E-state index is -3.01. The molecule has 0 aromatic heterocycles. The molecule has 2 aliphatic rings. The zero-order valence-corrected chi connectivity index (χ0v) is 20.5. The summed E-state index contributed by atoms with van der Waals surface area (Å²) in [4.78, 5) is 15.9. The summed E-state index contributed by atoms with van der Waals surface area (Å²) >= 11 is 0. The number of carbonyl (C=O) groups excluding carboxylic acids is 1. The van der Waals surface area contributed by atoms with E-state index in [2.05, 4.69) is 22.3 Å². The molecule has 0 unspecified atom stereocenters. The second-order valence-corrected chi connectivity index (χ2v) is 11.4. The first-order chi connectivity index (χ1) is 14.9. The van der Waals surface area contributed by atoms with Crippen LogP contribution in [0, 0.1) is 0 Å². The number of amides is 1. The number of nitrogens with one attached hydrogen (secondary N) is 1. The molecule has 1 atom stereocenters. The molecule has 0 bridgehead atoms. The molecule has 5 nitrogen and oxygen atoms in total. The lowest BCUT2D eigenvalue weighted by Crippen LogP contribution is -2.41. The molecule has 2 fully saturated rings. The predicted molar refractivity (Wildman–Crippen MR) is 134 cm³/mol. The molecule has 1 N–H and O–H groups in total. The lowest BCUT2D eigenvalue weighted by Gasteiger charge is -2.27. The second-order valence-electron chi connectivity index (χ2n) is 9.11. The first kappa shape index (κ1) is 24.8. The van der Waals surface area contributed by atoms with Crippen LogP contribution < -0.4 is 5.32 Å². The van der Waals surface area contributed by atoms with Crippen molar-refractivity contribution >= 4 is 29.2 Å². The van der Waals surface area contributed by atoms with Gasteiger partial charge in [0.05, 0.1) is 17.2 Å². The van der Waals surface area contributed by atoms with Gasteiger partial charge in [0, 0.05) is 12.8 Å². The van der Waals surface area contributed by atoms with E-state index in [9.17, 15) is 13.2 Å². The molecular weight excluding hydrogens is 440 g/mol. The first-order valence-corrected chi connectivity index (χ1v) is 13.3. The fraction of sp³-hybridized carbons (Fsp3) is 0.480. The Morgan fingerprint density at radius 3 is 2.38 bits per heavy atom. The second kappa shape index (κ2) is 10.4. The van der Waals surface area contributed by atoms with Gasteiger partial charge in [-0.25, -0.2) is 8.42 Å². The van der Waals surface area contributed by atoms with Crippen molar-refractivity contribution in [1.82, 2.24) is 10.2 Å². The normalized spacial score (nSPS) is 18.5. The predicted octanol–water partition coefficient (Wildman–Crippen LogP) is 3.37. The minimum Gasteiger partial charge on any atom is -0.347 e. The van der Waals surface area contributed by atoms with Gasteiger partial charge in [0.25, 0.3) is 0 Å². The molecule has 32 heavy (non-hydrogen) atoms. The van der Waals surface area contributed by atoms with E-state index < -0.39 is 15.3 Å². The Kier molecular flexibility index (Phi) is 8.06. The first-order valence-electron chi connectivity index (χ1n) is 11.2. The summed E-state index contributed by atoms with van der Waals surface area (Å²) in [6, 6.07) is 18.1. The number of aryl methyl sites for hydroxylation is 1. The van der Waals surface area contributed by atoms with Crippen LogP contribution in [0.3, 0.4) is 0 Å². The van der Waals surface area contributed by atoms with E-state index in [1.807, 2.05) is 42.5 Å². The average molecular weight is 475 g/mol. The number of nitrogens with zero attached hydrogens (tertiary/aromatic N) is 1. The van der Waals surface area contributed by atoms with Crippen LogP contribution in [-0.2, 0) is 26.5 Å². The zero-order chi connectivity index (χ0) is 21.9. The SMILES string of the molecule is CS(=O)(=O)CCc1cccc(C2(C(=O)N[C@H](CN3CCCC3)c3ccccc3)CC2)c1.S.